The van der Waals surface area contributed by atoms with Crippen molar-refractivity contribution in [3.05, 3.63) is 47.5 Å². The molecular weight excluding hydrogens is 471 g/mol. The van der Waals surface area contributed by atoms with Gasteiger partial charge in [0.2, 0.25) is 5.91 Å². The normalized spacial score (nSPS) is 27.9. The van der Waals surface area contributed by atoms with E-state index in [1.165, 1.54) is 19.3 Å². The SMILES string of the molecule is CC(NC(=O)CSc1nc(-c2ccccc2)cc(C(F)(F)F)c1C#N)C12CC3CC(CC(C3)C1)C2. The van der Waals surface area contributed by atoms with Gasteiger partial charge in [-0.15, -0.1) is 0 Å². The molecule has 4 nitrogen and oxygen atoms in total. The number of pyridine rings is 1. The number of nitrogens with zero attached hydrogens (tertiary/aromatic N) is 2. The van der Waals surface area contributed by atoms with Gasteiger partial charge in [-0.2, -0.15) is 18.4 Å². The van der Waals surface area contributed by atoms with Gasteiger partial charge in [-0.05, 0) is 74.7 Å². The highest BCUT2D eigenvalue weighted by atomic mass is 32.2. The fourth-order valence-corrected chi connectivity index (χ4v) is 7.81. The van der Waals surface area contributed by atoms with Crippen LogP contribution in [0.25, 0.3) is 11.3 Å². The minimum absolute atomic E-state index is 0.0220. The average molecular weight is 500 g/mol. The number of halogens is 3. The maximum Gasteiger partial charge on any atom is 0.417 e. The second kappa shape index (κ2) is 9.16. The van der Waals surface area contributed by atoms with Crippen molar-refractivity contribution in [1.82, 2.24) is 10.3 Å². The first-order valence-corrected chi connectivity index (χ1v) is 13.2. The Kier molecular flexibility index (Phi) is 6.33. The third kappa shape index (κ3) is 4.80. The van der Waals surface area contributed by atoms with Crippen LogP contribution >= 0.6 is 11.8 Å². The van der Waals surface area contributed by atoms with Gasteiger partial charge in [0.05, 0.1) is 22.6 Å². The highest BCUT2D eigenvalue weighted by Crippen LogP contribution is 2.61. The molecule has 1 unspecified atom stereocenters. The molecule has 1 aromatic carbocycles. The standard InChI is InChI=1S/C27H28F3N3OS/c1-16(26-11-17-7-18(12-26)9-19(8-17)13-26)32-24(34)15-35-25-21(14-31)22(27(28,29)30)10-23(33-25)20-5-3-2-4-6-20/h2-6,10,16-19H,7-9,11-13,15H2,1H3,(H,32,34). The third-order valence-corrected chi connectivity index (χ3v) is 9.17. The van der Waals surface area contributed by atoms with Crippen molar-refractivity contribution in [2.24, 2.45) is 23.2 Å². The first-order valence-electron chi connectivity index (χ1n) is 12.2. The smallest absolute Gasteiger partial charge is 0.352 e. The van der Waals surface area contributed by atoms with Crippen molar-refractivity contribution in [2.45, 2.75) is 62.7 Å². The summed E-state index contributed by atoms with van der Waals surface area (Å²) < 4.78 is 41.3. The van der Waals surface area contributed by atoms with E-state index in [2.05, 4.69) is 17.2 Å². The van der Waals surface area contributed by atoms with Crippen molar-refractivity contribution in [2.75, 3.05) is 5.75 Å². The summed E-state index contributed by atoms with van der Waals surface area (Å²) in [4.78, 5) is 17.2. The Morgan fingerprint density at radius 2 is 1.77 bits per heavy atom. The number of thioether (sulfide) groups is 1. The number of nitriles is 1. The lowest BCUT2D eigenvalue weighted by molar-refractivity contribution is -0.138. The van der Waals surface area contributed by atoms with Crippen molar-refractivity contribution in [3.63, 3.8) is 0 Å². The van der Waals surface area contributed by atoms with Crippen LogP contribution in [0.5, 0.6) is 0 Å². The molecule has 0 radical (unpaired) electrons. The minimum Gasteiger partial charge on any atom is -0.352 e. The molecule has 1 amide bonds. The number of carbonyl (C=O) groups excluding carboxylic acids is 1. The van der Waals surface area contributed by atoms with Crippen LogP contribution in [0.4, 0.5) is 13.2 Å². The van der Waals surface area contributed by atoms with Gasteiger partial charge >= 0.3 is 6.18 Å². The van der Waals surface area contributed by atoms with E-state index in [9.17, 15) is 23.2 Å². The Morgan fingerprint density at radius 3 is 2.31 bits per heavy atom. The topological polar surface area (TPSA) is 65.8 Å². The Balaban J connectivity index is 1.33. The summed E-state index contributed by atoms with van der Waals surface area (Å²) in [5, 5.41) is 12.6. The molecule has 1 N–H and O–H groups in total. The monoisotopic (exact) mass is 499 g/mol. The van der Waals surface area contributed by atoms with Crippen LogP contribution < -0.4 is 5.32 Å². The molecule has 1 heterocycles. The maximum absolute atomic E-state index is 13.8. The van der Waals surface area contributed by atoms with Gasteiger partial charge in [0.25, 0.3) is 0 Å². The summed E-state index contributed by atoms with van der Waals surface area (Å²) in [6.45, 7) is 2.08. The molecule has 8 heteroatoms. The molecule has 0 saturated heterocycles. The molecule has 6 rings (SSSR count). The molecule has 4 aliphatic rings. The number of hydrogen-bond donors (Lipinski definition) is 1. The maximum atomic E-state index is 13.8. The Morgan fingerprint density at radius 1 is 1.17 bits per heavy atom. The lowest BCUT2D eigenvalue weighted by atomic mass is 9.48. The number of amides is 1. The van der Waals surface area contributed by atoms with E-state index in [4.69, 9.17) is 0 Å². The van der Waals surface area contributed by atoms with Crippen molar-refractivity contribution < 1.29 is 18.0 Å². The Hall–Kier alpha value is -2.53. The molecular formula is C27H28F3N3OS. The van der Waals surface area contributed by atoms with Crippen LogP contribution in [-0.4, -0.2) is 22.7 Å². The van der Waals surface area contributed by atoms with E-state index in [1.54, 1.807) is 36.4 Å². The second-order valence-electron chi connectivity index (χ2n) is 10.6. The van der Waals surface area contributed by atoms with Gasteiger partial charge in [-0.1, -0.05) is 42.1 Å². The van der Waals surface area contributed by atoms with E-state index in [0.717, 1.165) is 54.8 Å². The van der Waals surface area contributed by atoms with E-state index < -0.39 is 17.3 Å². The first-order chi connectivity index (χ1) is 16.7. The number of nitrogens with one attached hydrogen (secondary N) is 1. The molecule has 1 atom stereocenters. The quantitative estimate of drug-likeness (QED) is 0.464. The first kappa shape index (κ1) is 24.2. The van der Waals surface area contributed by atoms with Crippen molar-refractivity contribution in [1.29, 1.82) is 5.26 Å². The van der Waals surface area contributed by atoms with E-state index in [1.807, 2.05) is 0 Å². The zero-order valence-corrected chi connectivity index (χ0v) is 20.4. The summed E-state index contributed by atoms with van der Waals surface area (Å²) in [6, 6.07) is 11.1. The zero-order chi connectivity index (χ0) is 24.8. The summed E-state index contributed by atoms with van der Waals surface area (Å²) >= 11 is 0.892. The number of aromatic nitrogens is 1. The van der Waals surface area contributed by atoms with Gasteiger partial charge < -0.3 is 5.32 Å². The van der Waals surface area contributed by atoms with Crippen LogP contribution in [-0.2, 0) is 11.0 Å². The summed E-state index contributed by atoms with van der Waals surface area (Å²) in [6.07, 6.45) is 2.71. The molecule has 4 aliphatic carbocycles. The molecule has 1 aromatic heterocycles. The molecule has 35 heavy (non-hydrogen) atoms. The highest BCUT2D eigenvalue weighted by Gasteiger charge is 2.53. The van der Waals surface area contributed by atoms with E-state index >= 15 is 0 Å². The Bertz CT molecular complexity index is 1120. The van der Waals surface area contributed by atoms with Gasteiger partial charge in [0, 0.05) is 11.6 Å². The molecule has 4 fully saturated rings. The molecule has 0 aliphatic heterocycles. The molecule has 0 spiro atoms. The predicted molar refractivity (Wildman–Crippen MR) is 128 cm³/mol. The largest absolute Gasteiger partial charge is 0.417 e. The van der Waals surface area contributed by atoms with Crippen LogP contribution in [0.2, 0.25) is 0 Å². The van der Waals surface area contributed by atoms with Crippen LogP contribution in [0, 0.1) is 34.5 Å². The number of alkyl halides is 3. The Labute approximate surface area is 207 Å². The van der Waals surface area contributed by atoms with Gasteiger partial charge in [0.15, 0.2) is 0 Å². The van der Waals surface area contributed by atoms with Gasteiger partial charge in [-0.25, -0.2) is 4.98 Å². The van der Waals surface area contributed by atoms with Gasteiger partial charge in [-0.3, -0.25) is 4.79 Å². The summed E-state index contributed by atoms with van der Waals surface area (Å²) in [7, 11) is 0. The molecule has 4 saturated carbocycles. The predicted octanol–water partition coefficient (Wildman–Crippen LogP) is 6.45. The number of hydrogen-bond acceptors (Lipinski definition) is 4. The zero-order valence-electron chi connectivity index (χ0n) is 19.6. The minimum atomic E-state index is -4.71. The summed E-state index contributed by atoms with van der Waals surface area (Å²) in [5.74, 6) is 1.97. The summed E-state index contributed by atoms with van der Waals surface area (Å²) in [5.41, 5.74) is -0.782. The van der Waals surface area contributed by atoms with Crippen LogP contribution in [0.1, 0.15) is 56.6 Å². The van der Waals surface area contributed by atoms with Crippen molar-refractivity contribution in [3.8, 4) is 17.3 Å². The fourth-order valence-electron chi connectivity index (χ4n) is 6.99. The van der Waals surface area contributed by atoms with E-state index in [-0.39, 0.29) is 33.8 Å². The lowest BCUT2D eigenvalue weighted by Crippen LogP contribution is -2.56. The van der Waals surface area contributed by atoms with Crippen LogP contribution in [0.15, 0.2) is 41.4 Å². The molecule has 2 aromatic rings. The van der Waals surface area contributed by atoms with Gasteiger partial charge in [0.1, 0.15) is 11.1 Å². The average Bonchev–Trinajstić information content (AvgIpc) is 2.81. The number of benzene rings is 1. The highest BCUT2D eigenvalue weighted by molar-refractivity contribution is 8.00. The number of carbonyl (C=O) groups is 1. The third-order valence-electron chi connectivity index (χ3n) is 8.19. The second-order valence-corrected chi connectivity index (χ2v) is 11.5. The van der Waals surface area contributed by atoms with E-state index in [0.29, 0.717) is 5.56 Å². The fraction of sp³-hybridized carbons (Fsp3) is 0.519. The molecule has 4 bridgehead atoms. The number of rotatable bonds is 6. The molecule has 184 valence electrons. The van der Waals surface area contributed by atoms with Crippen LogP contribution in [0.3, 0.4) is 0 Å². The lowest BCUT2D eigenvalue weighted by Gasteiger charge is -2.59. The van der Waals surface area contributed by atoms with Crippen molar-refractivity contribution >= 4 is 17.7 Å².